The van der Waals surface area contributed by atoms with E-state index in [9.17, 15) is 19.2 Å². The average Bonchev–Trinajstić information content (AvgIpc) is 3.39. The van der Waals surface area contributed by atoms with Crippen molar-refractivity contribution in [3.63, 3.8) is 0 Å². The van der Waals surface area contributed by atoms with Gasteiger partial charge in [-0.15, -0.1) is 0 Å². The van der Waals surface area contributed by atoms with Gasteiger partial charge in [0.25, 0.3) is 5.91 Å². The Hall–Kier alpha value is -2.55. The molecule has 1 aromatic carbocycles. The third-order valence-electron chi connectivity index (χ3n) is 6.84. The minimum Gasteiger partial charge on any atom is -0.445 e. The number of rotatable bonds is 11. The van der Waals surface area contributed by atoms with Gasteiger partial charge in [-0.3, -0.25) is 14.4 Å². The molecule has 0 radical (unpaired) electrons. The summed E-state index contributed by atoms with van der Waals surface area (Å²) < 4.78 is 5.37. The van der Waals surface area contributed by atoms with Gasteiger partial charge in [-0.1, -0.05) is 62.4 Å². The topological polar surface area (TPSA) is 114 Å². The molecule has 2 aliphatic carbocycles. The molecule has 0 saturated heterocycles. The highest BCUT2D eigenvalue weighted by Gasteiger charge is 2.43. The van der Waals surface area contributed by atoms with Crippen LogP contribution in [0.25, 0.3) is 0 Å². The molecule has 0 aromatic heterocycles. The Morgan fingerprint density at radius 3 is 2.37 bits per heavy atom. The quantitative estimate of drug-likeness (QED) is 0.399. The lowest BCUT2D eigenvalue weighted by Crippen LogP contribution is -2.62. The van der Waals surface area contributed by atoms with Crippen molar-refractivity contribution in [1.82, 2.24) is 16.0 Å². The highest BCUT2D eigenvalue weighted by atomic mass is 32.2. The molecule has 9 heteroatoms. The molecule has 3 N–H and O–H groups in total. The molecular weight excluding hydrogens is 466 g/mol. The van der Waals surface area contributed by atoms with E-state index in [1.807, 2.05) is 36.6 Å². The summed E-state index contributed by atoms with van der Waals surface area (Å²) in [5.41, 5.74) is -0.313. The number of amides is 3. The van der Waals surface area contributed by atoms with E-state index in [-0.39, 0.29) is 12.6 Å². The van der Waals surface area contributed by atoms with Crippen LogP contribution in [0.5, 0.6) is 0 Å². The molecule has 2 aliphatic rings. The maximum atomic E-state index is 13.5. The van der Waals surface area contributed by atoms with Crippen molar-refractivity contribution < 1.29 is 23.9 Å². The summed E-state index contributed by atoms with van der Waals surface area (Å²) >= 11 is 1.54. The van der Waals surface area contributed by atoms with Gasteiger partial charge in [0.15, 0.2) is 0 Å². The Labute approximate surface area is 211 Å². The molecule has 1 atom stereocenters. The first-order valence-electron chi connectivity index (χ1n) is 12.6. The summed E-state index contributed by atoms with van der Waals surface area (Å²) in [6.45, 7) is 0.0978. The van der Waals surface area contributed by atoms with Crippen LogP contribution in [0, 0.1) is 0 Å². The highest BCUT2D eigenvalue weighted by Crippen LogP contribution is 2.29. The van der Waals surface area contributed by atoms with Crippen LogP contribution in [0.2, 0.25) is 0 Å². The SMILES string of the molecule is CSCCC(NC(=O)C1(NC(=O)OCc2ccccc2)CCCCC1)C(=O)C(=O)NC1CCCC1. The highest BCUT2D eigenvalue weighted by molar-refractivity contribution is 7.98. The zero-order chi connectivity index (χ0) is 25.1. The van der Waals surface area contributed by atoms with E-state index < -0.39 is 35.3 Å². The lowest BCUT2D eigenvalue weighted by molar-refractivity contribution is -0.141. The van der Waals surface area contributed by atoms with Crippen LogP contribution < -0.4 is 16.0 Å². The third kappa shape index (κ3) is 7.98. The van der Waals surface area contributed by atoms with Gasteiger partial charge in [-0.25, -0.2) is 4.79 Å². The molecule has 35 heavy (non-hydrogen) atoms. The monoisotopic (exact) mass is 503 g/mol. The van der Waals surface area contributed by atoms with Gasteiger partial charge < -0.3 is 20.7 Å². The van der Waals surface area contributed by atoms with Gasteiger partial charge in [0.1, 0.15) is 12.1 Å². The normalized spacial score (nSPS) is 18.3. The number of carbonyl (C=O) groups is 4. The first kappa shape index (κ1) is 27.0. The summed E-state index contributed by atoms with van der Waals surface area (Å²) in [6.07, 6.45) is 8.85. The lowest BCUT2D eigenvalue weighted by Gasteiger charge is -2.37. The molecular formula is C26H37N3O5S. The number of ether oxygens (including phenoxy) is 1. The van der Waals surface area contributed by atoms with Crippen molar-refractivity contribution in [3.8, 4) is 0 Å². The summed E-state index contributed by atoms with van der Waals surface area (Å²) in [5.74, 6) is -1.08. The fraction of sp³-hybridized carbons (Fsp3) is 0.615. The number of hydrogen-bond donors (Lipinski definition) is 3. The summed E-state index contributed by atoms with van der Waals surface area (Å²) in [5, 5.41) is 8.44. The van der Waals surface area contributed by atoms with Crippen LogP contribution in [0.1, 0.15) is 69.8 Å². The predicted molar refractivity (Wildman–Crippen MR) is 136 cm³/mol. The van der Waals surface area contributed by atoms with Crippen molar-refractivity contribution in [2.24, 2.45) is 0 Å². The Morgan fingerprint density at radius 1 is 1.03 bits per heavy atom. The van der Waals surface area contributed by atoms with E-state index in [1.165, 1.54) is 0 Å². The molecule has 8 nitrogen and oxygen atoms in total. The van der Waals surface area contributed by atoms with Crippen molar-refractivity contribution in [1.29, 1.82) is 0 Å². The molecule has 2 fully saturated rings. The van der Waals surface area contributed by atoms with Crippen molar-refractivity contribution in [3.05, 3.63) is 35.9 Å². The minimum atomic E-state index is -1.16. The van der Waals surface area contributed by atoms with Crippen LogP contribution in [0.15, 0.2) is 30.3 Å². The largest absolute Gasteiger partial charge is 0.445 e. The summed E-state index contributed by atoms with van der Waals surface area (Å²) in [7, 11) is 0. The molecule has 0 heterocycles. The van der Waals surface area contributed by atoms with Crippen molar-refractivity contribution >= 4 is 35.5 Å². The second-order valence-corrected chi connectivity index (χ2v) is 10.4. The maximum absolute atomic E-state index is 13.5. The number of ketones is 1. The number of alkyl carbamates (subject to hydrolysis) is 1. The Kier molecular flexibility index (Phi) is 10.4. The zero-order valence-electron chi connectivity index (χ0n) is 20.5. The number of benzene rings is 1. The predicted octanol–water partition coefficient (Wildman–Crippen LogP) is 3.48. The van der Waals surface area contributed by atoms with Crippen LogP contribution in [-0.2, 0) is 25.7 Å². The Bertz CT molecular complexity index is 867. The lowest BCUT2D eigenvalue weighted by atomic mass is 9.80. The van der Waals surface area contributed by atoms with Gasteiger partial charge in [-0.2, -0.15) is 11.8 Å². The molecule has 2 saturated carbocycles. The number of carbonyl (C=O) groups excluding carboxylic acids is 4. The van der Waals surface area contributed by atoms with E-state index in [0.717, 1.165) is 50.5 Å². The fourth-order valence-corrected chi connectivity index (χ4v) is 5.28. The first-order chi connectivity index (χ1) is 16.9. The second kappa shape index (κ2) is 13.5. The zero-order valence-corrected chi connectivity index (χ0v) is 21.3. The molecule has 0 aliphatic heterocycles. The van der Waals surface area contributed by atoms with E-state index in [4.69, 9.17) is 4.74 Å². The molecule has 0 spiro atoms. The van der Waals surface area contributed by atoms with E-state index in [0.29, 0.717) is 25.0 Å². The van der Waals surface area contributed by atoms with Crippen LogP contribution in [0.4, 0.5) is 4.79 Å². The van der Waals surface area contributed by atoms with Gasteiger partial charge in [0.05, 0.1) is 6.04 Å². The van der Waals surface area contributed by atoms with E-state index in [1.54, 1.807) is 11.8 Å². The minimum absolute atomic E-state index is 0.0223. The van der Waals surface area contributed by atoms with Crippen molar-refractivity contribution in [2.75, 3.05) is 12.0 Å². The Morgan fingerprint density at radius 2 is 1.71 bits per heavy atom. The molecule has 192 valence electrons. The van der Waals surface area contributed by atoms with E-state index in [2.05, 4.69) is 16.0 Å². The fourth-order valence-electron chi connectivity index (χ4n) is 4.80. The second-order valence-electron chi connectivity index (χ2n) is 9.46. The van der Waals surface area contributed by atoms with Crippen LogP contribution >= 0.6 is 11.8 Å². The standard InChI is InChI=1S/C26H37N3O5S/c1-35-17-14-21(22(30)23(31)27-20-12-6-7-13-20)28-24(32)26(15-8-3-9-16-26)29-25(33)34-18-19-10-4-2-5-11-19/h2,4-5,10-11,20-21H,3,6-9,12-18H2,1H3,(H,27,31)(H,28,32)(H,29,33). The smallest absolute Gasteiger partial charge is 0.408 e. The molecule has 3 rings (SSSR count). The van der Waals surface area contributed by atoms with E-state index >= 15 is 0 Å². The Balaban J connectivity index is 1.65. The average molecular weight is 504 g/mol. The number of nitrogens with one attached hydrogen (secondary N) is 3. The summed E-state index contributed by atoms with van der Waals surface area (Å²) in [4.78, 5) is 51.8. The number of Topliss-reactive ketones (excluding diaryl/α,β-unsaturated/α-hetero) is 1. The van der Waals surface area contributed by atoms with Gasteiger partial charge in [0.2, 0.25) is 11.7 Å². The molecule has 3 amide bonds. The molecule has 0 bridgehead atoms. The maximum Gasteiger partial charge on any atom is 0.408 e. The van der Waals surface area contributed by atoms with Gasteiger partial charge >= 0.3 is 6.09 Å². The first-order valence-corrected chi connectivity index (χ1v) is 14.0. The molecule has 1 unspecified atom stereocenters. The van der Waals surface area contributed by atoms with Crippen LogP contribution in [-0.4, -0.2) is 53.3 Å². The number of hydrogen-bond acceptors (Lipinski definition) is 6. The van der Waals surface area contributed by atoms with Crippen LogP contribution in [0.3, 0.4) is 0 Å². The van der Waals surface area contributed by atoms with Crippen molar-refractivity contribution in [2.45, 2.75) is 88.4 Å². The number of thioether (sulfide) groups is 1. The van der Waals surface area contributed by atoms with Gasteiger partial charge in [0, 0.05) is 6.04 Å². The molecule has 1 aromatic rings. The van der Waals surface area contributed by atoms with Gasteiger partial charge in [-0.05, 0) is 49.7 Å². The third-order valence-corrected chi connectivity index (χ3v) is 7.49. The summed E-state index contributed by atoms with van der Waals surface area (Å²) in [6, 6.07) is 8.41.